The van der Waals surface area contributed by atoms with Gasteiger partial charge in [-0.2, -0.15) is 0 Å². The van der Waals surface area contributed by atoms with Gasteiger partial charge in [0, 0.05) is 6.04 Å². The standard InChI is InChI=1S/C14H21ClN2O2S/c1-2-10-4-3-5-11(8-10)17-14-9-12(20(16,18)19)6-7-13(14)15/h6-7,9-11,17H,2-5,8H2,1H3,(H2,16,18,19). The maximum Gasteiger partial charge on any atom is 0.238 e. The van der Waals surface area contributed by atoms with Crippen molar-refractivity contribution in [2.45, 2.75) is 50.0 Å². The first kappa shape index (κ1) is 15.6. The fourth-order valence-corrected chi connectivity index (χ4v) is 3.52. The first-order valence-corrected chi connectivity index (χ1v) is 8.91. The van der Waals surface area contributed by atoms with E-state index in [4.69, 9.17) is 16.7 Å². The summed E-state index contributed by atoms with van der Waals surface area (Å²) in [5.41, 5.74) is 0.653. The third-order valence-corrected chi connectivity index (χ3v) is 5.23. The second-order valence-corrected chi connectivity index (χ2v) is 7.44. The lowest BCUT2D eigenvalue weighted by Gasteiger charge is -2.30. The van der Waals surface area contributed by atoms with Crippen LogP contribution in [0.2, 0.25) is 5.02 Å². The van der Waals surface area contributed by atoms with Crippen LogP contribution in [0.3, 0.4) is 0 Å². The average Bonchev–Trinajstić information content (AvgIpc) is 2.40. The molecule has 4 nitrogen and oxygen atoms in total. The second kappa shape index (κ2) is 6.33. The zero-order valence-corrected chi connectivity index (χ0v) is 13.2. The molecule has 1 fully saturated rings. The van der Waals surface area contributed by atoms with E-state index in [0.717, 1.165) is 18.8 Å². The summed E-state index contributed by atoms with van der Waals surface area (Å²) in [5, 5.41) is 9.05. The van der Waals surface area contributed by atoms with Crippen LogP contribution < -0.4 is 10.5 Å². The van der Waals surface area contributed by atoms with Gasteiger partial charge in [-0.15, -0.1) is 0 Å². The van der Waals surface area contributed by atoms with Crippen LogP contribution in [0.1, 0.15) is 39.0 Å². The summed E-state index contributed by atoms with van der Waals surface area (Å²) in [6.45, 7) is 2.21. The molecule has 0 heterocycles. The Morgan fingerprint density at radius 1 is 1.40 bits per heavy atom. The van der Waals surface area contributed by atoms with Gasteiger partial charge in [0.2, 0.25) is 10.0 Å². The highest BCUT2D eigenvalue weighted by atomic mass is 35.5. The van der Waals surface area contributed by atoms with Crippen LogP contribution >= 0.6 is 11.6 Å². The van der Waals surface area contributed by atoms with Crippen LogP contribution in [0.4, 0.5) is 5.69 Å². The van der Waals surface area contributed by atoms with Crippen LogP contribution in [-0.4, -0.2) is 14.5 Å². The van der Waals surface area contributed by atoms with E-state index in [-0.39, 0.29) is 4.90 Å². The van der Waals surface area contributed by atoms with E-state index in [1.165, 1.54) is 31.4 Å². The Bertz CT molecular complexity index is 575. The molecule has 3 N–H and O–H groups in total. The van der Waals surface area contributed by atoms with Gasteiger partial charge < -0.3 is 5.32 Å². The van der Waals surface area contributed by atoms with Crippen LogP contribution in [0, 0.1) is 5.92 Å². The summed E-state index contributed by atoms with van der Waals surface area (Å²) in [7, 11) is -3.70. The predicted octanol–water partition coefficient (Wildman–Crippen LogP) is 3.37. The molecule has 2 rings (SSSR count). The largest absolute Gasteiger partial charge is 0.381 e. The molecule has 0 radical (unpaired) electrons. The minimum absolute atomic E-state index is 0.0900. The predicted molar refractivity (Wildman–Crippen MR) is 82.5 cm³/mol. The van der Waals surface area contributed by atoms with Gasteiger partial charge in [0.15, 0.2) is 0 Å². The topological polar surface area (TPSA) is 72.2 Å². The summed E-state index contributed by atoms with van der Waals surface area (Å²) < 4.78 is 22.8. The van der Waals surface area contributed by atoms with E-state index in [0.29, 0.717) is 16.8 Å². The zero-order chi connectivity index (χ0) is 14.8. The molecular formula is C14H21ClN2O2S. The van der Waals surface area contributed by atoms with Crippen molar-refractivity contribution in [2.75, 3.05) is 5.32 Å². The molecule has 0 bridgehead atoms. The molecule has 1 aromatic rings. The lowest BCUT2D eigenvalue weighted by atomic mass is 9.84. The molecule has 1 aliphatic rings. The Labute approximate surface area is 125 Å². The van der Waals surface area contributed by atoms with Crippen LogP contribution in [0.25, 0.3) is 0 Å². The Kier molecular flexibility index (Phi) is 4.94. The van der Waals surface area contributed by atoms with Crippen molar-refractivity contribution in [1.29, 1.82) is 0 Å². The maximum atomic E-state index is 11.4. The lowest BCUT2D eigenvalue weighted by Crippen LogP contribution is -2.27. The maximum absolute atomic E-state index is 11.4. The quantitative estimate of drug-likeness (QED) is 0.894. The third-order valence-electron chi connectivity index (χ3n) is 3.99. The number of sulfonamides is 1. The van der Waals surface area contributed by atoms with Crippen LogP contribution in [0.15, 0.2) is 23.1 Å². The SMILES string of the molecule is CCC1CCCC(Nc2cc(S(N)(=O)=O)ccc2Cl)C1. The molecule has 6 heteroatoms. The van der Waals surface area contributed by atoms with Crippen molar-refractivity contribution >= 4 is 27.3 Å². The van der Waals surface area contributed by atoms with E-state index < -0.39 is 10.0 Å². The minimum Gasteiger partial charge on any atom is -0.381 e. The molecule has 0 aromatic heterocycles. The smallest absolute Gasteiger partial charge is 0.238 e. The highest BCUT2D eigenvalue weighted by molar-refractivity contribution is 7.89. The van der Waals surface area contributed by atoms with Gasteiger partial charge >= 0.3 is 0 Å². The van der Waals surface area contributed by atoms with Crippen LogP contribution in [-0.2, 0) is 10.0 Å². The number of benzene rings is 1. The highest BCUT2D eigenvalue weighted by Crippen LogP contribution is 2.31. The summed E-state index contributed by atoms with van der Waals surface area (Å²) >= 11 is 6.14. The molecule has 0 spiro atoms. The van der Waals surface area contributed by atoms with Crippen LogP contribution in [0.5, 0.6) is 0 Å². The number of nitrogens with two attached hydrogens (primary N) is 1. The summed E-state index contributed by atoms with van der Waals surface area (Å²) in [6.07, 6.45) is 5.85. The van der Waals surface area contributed by atoms with Gasteiger partial charge in [0.05, 0.1) is 15.6 Å². The first-order valence-electron chi connectivity index (χ1n) is 6.99. The first-order chi connectivity index (χ1) is 9.40. The molecule has 1 aliphatic carbocycles. The van der Waals surface area contributed by atoms with Crippen molar-refractivity contribution in [3.63, 3.8) is 0 Å². The number of hydrogen-bond donors (Lipinski definition) is 2. The van der Waals surface area contributed by atoms with Gasteiger partial charge in [0.25, 0.3) is 0 Å². The summed E-state index contributed by atoms with van der Waals surface area (Å²) in [6, 6.07) is 4.87. The van der Waals surface area contributed by atoms with E-state index >= 15 is 0 Å². The van der Waals surface area contributed by atoms with Crippen molar-refractivity contribution in [3.8, 4) is 0 Å². The van der Waals surface area contributed by atoms with E-state index in [1.807, 2.05) is 0 Å². The number of nitrogens with one attached hydrogen (secondary N) is 1. The van der Waals surface area contributed by atoms with E-state index in [2.05, 4.69) is 12.2 Å². The van der Waals surface area contributed by atoms with Crippen molar-refractivity contribution in [3.05, 3.63) is 23.2 Å². The van der Waals surface area contributed by atoms with Gasteiger partial charge in [-0.25, -0.2) is 13.6 Å². The Morgan fingerprint density at radius 2 is 2.15 bits per heavy atom. The second-order valence-electron chi connectivity index (χ2n) is 5.47. The summed E-state index contributed by atoms with van der Waals surface area (Å²) in [5.74, 6) is 0.737. The van der Waals surface area contributed by atoms with Crippen molar-refractivity contribution < 1.29 is 8.42 Å². The van der Waals surface area contributed by atoms with Crippen molar-refractivity contribution in [2.24, 2.45) is 11.1 Å². The number of rotatable bonds is 4. The van der Waals surface area contributed by atoms with E-state index in [9.17, 15) is 8.42 Å². The van der Waals surface area contributed by atoms with Gasteiger partial charge in [-0.1, -0.05) is 37.8 Å². The number of primary sulfonamides is 1. The fourth-order valence-electron chi connectivity index (χ4n) is 2.80. The molecule has 112 valence electrons. The highest BCUT2D eigenvalue weighted by Gasteiger charge is 2.21. The number of hydrogen-bond acceptors (Lipinski definition) is 3. The average molecular weight is 317 g/mol. The third kappa shape index (κ3) is 3.87. The molecule has 2 atom stereocenters. The molecule has 1 saturated carbocycles. The Hall–Kier alpha value is -0.780. The molecule has 0 aliphatic heterocycles. The molecule has 20 heavy (non-hydrogen) atoms. The zero-order valence-electron chi connectivity index (χ0n) is 11.6. The number of halogens is 1. The Morgan fingerprint density at radius 3 is 2.80 bits per heavy atom. The molecule has 1 aromatic carbocycles. The number of anilines is 1. The fraction of sp³-hybridized carbons (Fsp3) is 0.571. The van der Waals surface area contributed by atoms with Crippen molar-refractivity contribution in [1.82, 2.24) is 0 Å². The normalized spacial score (nSPS) is 23.6. The molecule has 2 unspecified atom stereocenters. The Balaban J connectivity index is 2.16. The van der Waals surface area contributed by atoms with Gasteiger partial charge in [-0.05, 0) is 37.0 Å². The molecule has 0 amide bonds. The van der Waals surface area contributed by atoms with Gasteiger partial charge in [-0.3, -0.25) is 0 Å². The monoisotopic (exact) mass is 316 g/mol. The molecular weight excluding hydrogens is 296 g/mol. The minimum atomic E-state index is -3.70. The van der Waals surface area contributed by atoms with E-state index in [1.54, 1.807) is 6.07 Å². The summed E-state index contributed by atoms with van der Waals surface area (Å²) in [4.78, 5) is 0.0900. The lowest BCUT2D eigenvalue weighted by molar-refractivity contribution is 0.327. The van der Waals surface area contributed by atoms with Gasteiger partial charge in [0.1, 0.15) is 0 Å². The molecule has 0 saturated heterocycles.